The molecular formula is C6H3Cl3N2O. The summed E-state index contributed by atoms with van der Waals surface area (Å²) in [7, 11) is 0. The second kappa shape index (κ2) is 3.47. The molecule has 0 aliphatic carbocycles. The van der Waals surface area contributed by atoms with Gasteiger partial charge in [0.1, 0.15) is 10.3 Å². The second-order valence-corrected chi connectivity index (χ2v) is 3.06. The molecule has 0 fully saturated rings. The van der Waals surface area contributed by atoms with Gasteiger partial charge >= 0.3 is 0 Å². The number of rotatable bonds is 1. The molecule has 0 unspecified atom stereocenters. The average Bonchev–Trinajstić information content (AvgIpc) is 1.82. The number of pyridine rings is 1. The number of nitrogens with two attached hydrogens (primary N) is 1. The normalized spacial score (nSPS) is 9.92. The van der Waals surface area contributed by atoms with Gasteiger partial charge in [0.15, 0.2) is 0 Å². The highest BCUT2D eigenvalue weighted by molar-refractivity contribution is 6.69. The third-order valence-corrected chi connectivity index (χ3v) is 1.83. The number of carbonyl (C=O) groups excluding carboxylic acids is 1. The lowest BCUT2D eigenvalue weighted by Crippen LogP contribution is -2.00. The van der Waals surface area contributed by atoms with Crippen molar-refractivity contribution in [3.05, 3.63) is 21.9 Å². The smallest absolute Gasteiger partial charge is 0.257 e. The van der Waals surface area contributed by atoms with Gasteiger partial charge < -0.3 is 5.73 Å². The van der Waals surface area contributed by atoms with Gasteiger partial charge in [-0.1, -0.05) is 23.2 Å². The minimum Gasteiger partial charge on any atom is -0.398 e. The van der Waals surface area contributed by atoms with E-state index in [1.165, 1.54) is 6.07 Å². The van der Waals surface area contributed by atoms with Crippen LogP contribution in [0.4, 0.5) is 5.69 Å². The largest absolute Gasteiger partial charge is 0.398 e. The molecule has 0 amide bonds. The van der Waals surface area contributed by atoms with Crippen LogP contribution in [0.1, 0.15) is 10.4 Å². The third-order valence-electron chi connectivity index (χ3n) is 1.17. The number of nitrogens with zero attached hydrogens (tertiary/aromatic N) is 1. The number of nitrogen functional groups attached to an aromatic ring is 1. The Morgan fingerprint density at radius 1 is 1.50 bits per heavy atom. The summed E-state index contributed by atoms with van der Waals surface area (Å²) in [5, 5.41) is -0.708. The first-order chi connectivity index (χ1) is 5.52. The standard InChI is InChI=1S/C6H3Cl3N2O/c7-3-1-2(10)4(6(9)12)5(8)11-3/h1H,(H2,10,11). The van der Waals surface area contributed by atoms with Crippen molar-refractivity contribution in [2.45, 2.75) is 0 Å². The first kappa shape index (κ1) is 9.58. The molecule has 1 rings (SSSR count). The Labute approximate surface area is 83.4 Å². The van der Waals surface area contributed by atoms with Crippen molar-refractivity contribution in [1.29, 1.82) is 0 Å². The molecule has 0 spiro atoms. The molecular weight excluding hydrogens is 222 g/mol. The molecule has 0 saturated carbocycles. The van der Waals surface area contributed by atoms with E-state index in [-0.39, 0.29) is 21.6 Å². The fourth-order valence-electron chi connectivity index (χ4n) is 0.696. The predicted octanol–water partition coefficient (Wildman–Crippen LogP) is 2.35. The van der Waals surface area contributed by atoms with E-state index in [1.807, 2.05) is 0 Å². The van der Waals surface area contributed by atoms with Crippen molar-refractivity contribution in [3.8, 4) is 0 Å². The Morgan fingerprint density at radius 2 is 2.08 bits per heavy atom. The second-order valence-electron chi connectivity index (χ2n) is 1.97. The van der Waals surface area contributed by atoms with Crippen LogP contribution in [0.15, 0.2) is 6.07 Å². The van der Waals surface area contributed by atoms with Gasteiger partial charge in [-0.2, -0.15) is 0 Å². The summed E-state index contributed by atoms with van der Waals surface area (Å²) in [5.41, 5.74) is 5.52. The van der Waals surface area contributed by atoms with Gasteiger partial charge in [0.05, 0.1) is 5.56 Å². The van der Waals surface area contributed by atoms with Crippen LogP contribution in [-0.2, 0) is 0 Å². The van der Waals surface area contributed by atoms with Crippen LogP contribution < -0.4 is 5.73 Å². The van der Waals surface area contributed by atoms with Crippen LogP contribution >= 0.6 is 34.8 Å². The Kier molecular flexibility index (Phi) is 2.77. The fourth-order valence-corrected chi connectivity index (χ4v) is 1.47. The lowest BCUT2D eigenvalue weighted by Gasteiger charge is -2.01. The molecule has 6 heteroatoms. The summed E-state index contributed by atoms with van der Waals surface area (Å²) in [5.74, 6) is 0. The molecule has 0 aliphatic heterocycles. The lowest BCUT2D eigenvalue weighted by atomic mass is 10.2. The van der Waals surface area contributed by atoms with E-state index in [9.17, 15) is 4.79 Å². The van der Waals surface area contributed by atoms with E-state index in [0.717, 1.165) is 0 Å². The van der Waals surface area contributed by atoms with E-state index in [2.05, 4.69) is 4.98 Å². The Hall–Kier alpha value is -0.510. The molecule has 3 nitrogen and oxygen atoms in total. The maximum absolute atomic E-state index is 10.7. The molecule has 0 atom stereocenters. The zero-order valence-corrected chi connectivity index (χ0v) is 7.91. The monoisotopic (exact) mass is 224 g/mol. The summed E-state index contributed by atoms with van der Waals surface area (Å²) in [6, 6.07) is 1.31. The van der Waals surface area contributed by atoms with E-state index in [4.69, 9.17) is 40.5 Å². The molecule has 0 aliphatic rings. The van der Waals surface area contributed by atoms with Crippen LogP contribution in [-0.4, -0.2) is 10.2 Å². The molecule has 64 valence electrons. The summed E-state index contributed by atoms with van der Waals surface area (Å²) < 4.78 is 0. The number of carbonyl (C=O) groups is 1. The van der Waals surface area contributed by atoms with Crippen LogP contribution in [0.25, 0.3) is 0 Å². The molecule has 1 heterocycles. The van der Waals surface area contributed by atoms with E-state index < -0.39 is 5.24 Å². The first-order valence-electron chi connectivity index (χ1n) is 2.83. The molecule has 1 aromatic heterocycles. The number of hydrogen-bond donors (Lipinski definition) is 1. The highest BCUT2D eigenvalue weighted by Gasteiger charge is 2.13. The van der Waals surface area contributed by atoms with Crippen molar-refractivity contribution < 1.29 is 4.79 Å². The van der Waals surface area contributed by atoms with Gasteiger partial charge in [-0.25, -0.2) is 4.98 Å². The zero-order chi connectivity index (χ0) is 9.30. The van der Waals surface area contributed by atoms with Crippen LogP contribution in [0.2, 0.25) is 10.3 Å². The Balaban J connectivity index is 3.38. The molecule has 0 bridgehead atoms. The molecule has 12 heavy (non-hydrogen) atoms. The van der Waals surface area contributed by atoms with Crippen molar-refractivity contribution in [3.63, 3.8) is 0 Å². The topological polar surface area (TPSA) is 56.0 Å². The van der Waals surface area contributed by atoms with Gasteiger partial charge in [0, 0.05) is 5.69 Å². The SMILES string of the molecule is Nc1cc(Cl)nc(Cl)c1C(=O)Cl. The lowest BCUT2D eigenvalue weighted by molar-refractivity contribution is 0.108. The van der Waals surface area contributed by atoms with Crippen LogP contribution in [0.5, 0.6) is 0 Å². The van der Waals surface area contributed by atoms with Gasteiger partial charge in [-0.05, 0) is 17.7 Å². The van der Waals surface area contributed by atoms with E-state index in [0.29, 0.717) is 0 Å². The molecule has 2 N–H and O–H groups in total. The maximum atomic E-state index is 10.7. The summed E-state index contributed by atoms with van der Waals surface area (Å²) in [6.07, 6.45) is 0. The molecule has 0 radical (unpaired) electrons. The van der Waals surface area contributed by atoms with Crippen molar-refractivity contribution in [2.75, 3.05) is 5.73 Å². The quantitative estimate of drug-likeness (QED) is 0.589. The van der Waals surface area contributed by atoms with Gasteiger partial charge in [0.25, 0.3) is 5.24 Å². The number of anilines is 1. The van der Waals surface area contributed by atoms with Crippen molar-refractivity contribution >= 4 is 45.7 Å². The molecule has 0 saturated heterocycles. The highest BCUT2D eigenvalue weighted by atomic mass is 35.5. The summed E-state index contributed by atoms with van der Waals surface area (Å²) in [6.45, 7) is 0. The number of aromatic nitrogens is 1. The Morgan fingerprint density at radius 3 is 2.50 bits per heavy atom. The minimum atomic E-state index is -0.748. The number of hydrogen-bond acceptors (Lipinski definition) is 3. The van der Waals surface area contributed by atoms with Crippen LogP contribution in [0, 0.1) is 0 Å². The number of halogens is 3. The zero-order valence-electron chi connectivity index (χ0n) is 5.64. The third kappa shape index (κ3) is 1.80. The van der Waals surface area contributed by atoms with Crippen molar-refractivity contribution in [1.82, 2.24) is 4.98 Å². The molecule has 0 aromatic carbocycles. The molecule has 1 aromatic rings. The van der Waals surface area contributed by atoms with Gasteiger partial charge in [-0.15, -0.1) is 0 Å². The maximum Gasteiger partial charge on any atom is 0.257 e. The van der Waals surface area contributed by atoms with Crippen molar-refractivity contribution in [2.24, 2.45) is 0 Å². The predicted molar refractivity (Wildman–Crippen MR) is 48.9 cm³/mol. The van der Waals surface area contributed by atoms with E-state index >= 15 is 0 Å². The summed E-state index contributed by atoms with van der Waals surface area (Å²) in [4.78, 5) is 14.3. The van der Waals surface area contributed by atoms with E-state index in [1.54, 1.807) is 0 Å². The van der Waals surface area contributed by atoms with Crippen LogP contribution in [0.3, 0.4) is 0 Å². The van der Waals surface area contributed by atoms with Gasteiger partial charge in [-0.3, -0.25) is 4.79 Å². The summed E-state index contributed by atoms with van der Waals surface area (Å²) >= 11 is 16.2. The highest BCUT2D eigenvalue weighted by Crippen LogP contribution is 2.24. The van der Waals surface area contributed by atoms with Gasteiger partial charge in [0.2, 0.25) is 0 Å². The fraction of sp³-hybridized carbons (Fsp3) is 0. The minimum absolute atomic E-state index is 0.0114. The Bertz CT molecular complexity index is 317. The first-order valence-corrected chi connectivity index (χ1v) is 3.97. The average molecular weight is 225 g/mol.